The summed E-state index contributed by atoms with van der Waals surface area (Å²) in [4.78, 5) is 28.6. The number of thiazole rings is 1. The molecule has 0 aliphatic rings. The van der Waals surface area contributed by atoms with Crippen molar-refractivity contribution in [1.29, 1.82) is 0 Å². The molecule has 3 heterocycles. The Morgan fingerprint density at radius 2 is 2.00 bits per heavy atom. The van der Waals surface area contributed by atoms with Crippen LogP contribution in [0, 0.1) is 0 Å². The molecule has 1 aromatic carbocycles. The maximum atomic E-state index is 12.1. The van der Waals surface area contributed by atoms with E-state index < -0.39 is 0 Å². The molecule has 0 unspecified atom stereocenters. The van der Waals surface area contributed by atoms with Crippen LogP contribution in [0.2, 0.25) is 0 Å². The lowest BCUT2D eigenvalue weighted by molar-refractivity contribution is -0.116. The fraction of sp³-hybridized carbons (Fsp3) is 0.125. The van der Waals surface area contributed by atoms with Crippen LogP contribution >= 0.6 is 11.3 Å². The number of carbonyl (C=O) groups is 1. The van der Waals surface area contributed by atoms with Crippen LogP contribution < -0.4 is 11.0 Å². The Balaban J connectivity index is 1.46. The first-order valence-electron chi connectivity index (χ1n) is 7.40. The summed E-state index contributed by atoms with van der Waals surface area (Å²) in [6.45, 7) is 0.219. The lowest BCUT2D eigenvalue weighted by Gasteiger charge is -2.00. The predicted octanol–water partition coefficient (Wildman–Crippen LogP) is 2.13. The van der Waals surface area contributed by atoms with Gasteiger partial charge in [-0.2, -0.15) is 0 Å². The number of rotatable bonds is 4. The lowest BCUT2D eigenvalue weighted by Crippen LogP contribution is -2.24. The standard InChI is InChI=1S/C16H13N5O2S/c22-14(18-15-17-11-5-1-2-6-12(11)24-15)8-10-21-16(23)20-9-4-3-7-13(20)19-21/h1-7,9H,8,10H2,(H,17,18,22). The number of aryl methyl sites for hydroxylation is 1. The van der Waals surface area contributed by atoms with Gasteiger partial charge in [0.1, 0.15) is 0 Å². The first kappa shape index (κ1) is 14.6. The number of benzene rings is 1. The van der Waals surface area contributed by atoms with Crippen molar-refractivity contribution in [3.8, 4) is 0 Å². The Bertz CT molecular complexity index is 1060. The molecule has 120 valence electrons. The Morgan fingerprint density at radius 3 is 2.83 bits per heavy atom. The summed E-state index contributed by atoms with van der Waals surface area (Å²) < 4.78 is 3.77. The van der Waals surface area contributed by atoms with Crippen molar-refractivity contribution in [2.45, 2.75) is 13.0 Å². The minimum absolute atomic E-state index is 0.152. The zero-order valence-electron chi connectivity index (χ0n) is 12.5. The largest absolute Gasteiger partial charge is 0.350 e. The number of hydrogen-bond acceptors (Lipinski definition) is 5. The maximum absolute atomic E-state index is 12.1. The van der Waals surface area contributed by atoms with Crippen LogP contribution in [0.3, 0.4) is 0 Å². The van der Waals surface area contributed by atoms with E-state index in [9.17, 15) is 9.59 Å². The third-order valence-corrected chi connectivity index (χ3v) is 4.53. The van der Waals surface area contributed by atoms with E-state index in [2.05, 4.69) is 15.4 Å². The summed E-state index contributed by atoms with van der Waals surface area (Å²) in [5.41, 5.74) is 1.17. The van der Waals surface area contributed by atoms with Crippen LogP contribution in [-0.2, 0) is 11.3 Å². The second-order valence-electron chi connectivity index (χ2n) is 5.22. The van der Waals surface area contributed by atoms with Crippen LogP contribution in [0.4, 0.5) is 5.13 Å². The molecule has 0 aliphatic heterocycles. The molecule has 1 amide bonds. The molecule has 0 saturated carbocycles. The van der Waals surface area contributed by atoms with E-state index in [1.165, 1.54) is 20.4 Å². The quantitative estimate of drug-likeness (QED) is 0.617. The summed E-state index contributed by atoms with van der Waals surface area (Å²) in [6.07, 6.45) is 1.81. The van der Waals surface area contributed by atoms with Crippen molar-refractivity contribution in [3.63, 3.8) is 0 Å². The number of nitrogens with zero attached hydrogens (tertiary/aromatic N) is 4. The summed E-state index contributed by atoms with van der Waals surface area (Å²) in [5, 5.41) is 7.53. The molecular formula is C16H13N5O2S. The van der Waals surface area contributed by atoms with Crippen LogP contribution in [0.15, 0.2) is 53.5 Å². The van der Waals surface area contributed by atoms with Gasteiger partial charge in [0.05, 0.1) is 16.8 Å². The molecule has 0 fully saturated rings. The average Bonchev–Trinajstić information content (AvgIpc) is 3.14. The van der Waals surface area contributed by atoms with E-state index >= 15 is 0 Å². The molecule has 1 N–H and O–H groups in total. The van der Waals surface area contributed by atoms with Gasteiger partial charge in [0, 0.05) is 12.6 Å². The minimum atomic E-state index is -0.251. The molecule has 8 heteroatoms. The Labute approximate surface area is 140 Å². The van der Waals surface area contributed by atoms with Gasteiger partial charge in [-0.05, 0) is 24.3 Å². The van der Waals surface area contributed by atoms with Crippen molar-refractivity contribution in [3.05, 3.63) is 59.1 Å². The van der Waals surface area contributed by atoms with Gasteiger partial charge >= 0.3 is 5.69 Å². The number of carbonyl (C=O) groups excluding carboxylic acids is 1. The number of hydrogen-bond donors (Lipinski definition) is 1. The SMILES string of the molecule is O=C(CCn1nc2ccccn2c1=O)Nc1nc2ccccc2s1. The van der Waals surface area contributed by atoms with E-state index in [4.69, 9.17) is 0 Å². The summed E-state index contributed by atoms with van der Waals surface area (Å²) in [6, 6.07) is 13.0. The summed E-state index contributed by atoms with van der Waals surface area (Å²) >= 11 is 1.42. The van der Waals surface area contributed by atoms with E-state index in [0.717, 1.165) is 10.2 Å². The van der Waals surface area contributed by atoms with E-state index in [1.807, 2.05) is 30.3 Å². The Kier molecular flexibility index (Phi) is 3.58. The molecule has 7 nitrogen and oxygen atoms in total. The number of fused-ring (bicyclic) bond motifs is 2. The van der Waals surface area contributed by atoms with Crippen LogP contribution in [0.1, 0.15) is 6.42 Å². The van der Waals surface area contributed by atoms with Crippen molar-refractivity contribution in [1.82, 2.24) is 19.2 Å². The zero-order chi connectivity index (χ0) is 16.5. The van der Waals surface area contributed by atoms with Crippen LogP contribution in [-0.4, -0.2) is 25.1 Å². The van der Waals surface area contributed by atoms with Gasteiger partial charge in [-0.25, -0.2) is 14.5 Å². The third kappa shape index (κ3) is 2.67. The number of nitrogens with one attached hydrogen (secondary N) is 1. The second kappa shape index (κ2) is 5.89. The number of anilines is 1. The molecule has 3 aromatic heterocycles. The minimum Gasteiger partial charge on any atom is -0.302 e. The molecule has 4 aromatic rings. The zero-order valence-corrected chi connectivity index (χ0v) is 13.4. The van der Waals surface area contributed by atoms with Gasteiger partial charge in [-0.15, -0.1) is 5.10 Å². The predicted molar refractivity (Wildman–Crippen MR) is 92.3 cm³/mol. The topological polar surface area (TPSA) is 81.3 Å². The maximum Gasteiger partial charge on any atom is 0.350 e. The summed E-state index contributed by atoms with van der Waals surface area (Å²) in [7, 11) is 0. The average molecular weight is 339 g/mol. The molecule has 0 saturated heterocycles. The molecule has 0 radical (unpaired) electrons. The first-order valence-corrected chi connectivity index (χ1v) is 8.22. The van der Waals surface area contributed by atoms with Crippen molar-refractivity contribution >= 4 is 38.2 Å². The van der Waals surface area contributed by atoms with Gasteiger partial charge in [0.15, 0.2) is 10.8 Å². The highest BCUT2D eigenvalue weighted by Gasteiger charge is 2.10. The molecule has 0 bridgehead atoms. The Morgan fingerprint density at radius 1 is 1.17 bits per heavy atom. The monoisotopic (exact) mass is 339 g/mol. The fourth-order valence-electron chi connectivity index (χ4n) is 2.43. The van der Waals surface area contributed by atoms with Crippen molar-refractivity contribution in [2.75, 3.05) is 5.32 Å². The van der Waals surface area contributed by atoms with Crippen LogP contribution in [0.25, 0.3) is 15.9 Å². The second-order valence-corrected chi connectivity index (χ2v) is 6.25. The van der Waals surface area contributed by atoms with Crippen molar-refractivity contribution < 1.29 is 4.79 Å². The highest BCUT2D eigenvalue weighted by molar-refractivity contribution is 7.22. The van der Waals surface area contributed by atoms with E-state index in [-0.39, 0.29) is 24.6 Å². The van der Waals surface area contributed by atoms with Gasteiger partial charge in [0.25, 0.3) is 0 Å². The van der Waals surface area contributed by atoms with Gasteiger partial charge < -0.3 is 5.32 Å². The normalized spacial score (nSPS) is 11.2. The number of para-hydroxylation sites is 1. The summed E-state index contributed by atoms with van der Waals surface area (Å²) in [5.74, 6) is -0.196. The van der Waals surface area contributed by atoms with Gasteiger partial charge in [0.2, 0.25) is 5.91 Å². The van der Waals surface area contributed by atoms with Gasteiger partial charge in [-0.3, -0.25) is 9.20 Å². The molecular weight excluding hydrogens is 326 g/mol. The lowest BCUT2D eigenvalue weighted by atomic mass is 10.3. The molecule has 0 aliphatic carbocycles. The smallest absolute Gasteiger partial charge is 0.302 e. The molecule has 0 spiro atoms. The number of amides is 1. The number of pyridine rings is 1. The van der Waals surface area contributed by atoms with Crippen molar-refractivity contribution in [2.24, 2.45) is 0 Å². The number of aromatic nitrogens is 4. The molecule has 0 atom stereocenters. The Hall–Kier alpha value is -3.00. The highest BCUT2D eigenvalue weighted by Crippen LogP contribution is 2.25. The van der Waals surface area contributed by atoms with E-state index in [1.54, 1.807) is 18.3 Å². The van der Waals surface area contributed by atoms with Gasteiger partial charge in [-0.1, -0.05) is 29.5 Å². The molecule has 24 heavy (non-hydrogen) atoms. The third-order valence-electron chi connectivity index (χ3n) is 3.58. The van der Waals surface area contributed by atoms with E-state index in [0.29, 0.717) is 10.8 Å². The first-order chi connectivity index (χ1) is 11.7. The fourth-order valence-corrected chi connectivity index (χ4v) is 3.31. The highest BCUT2D eigenvalue weighted by atomic mass is 32.1. The molecule has 4 rings (SSSR count). The van der Waals surface area contributed by atoms with Crippen LogP contribution in [0.5, 0.6) is 0 Å².